The molecule has 8 heteroatoms. The van der Waals surface area contributed by atoms with Crippen LogP contribution in [0.4, 0.5) is 5.69 Å². The van der Waals surface area contributed by atoms with Crippen molar-refractivity contribution in [3.63, 3.8) is 0 Å². The van der Waals surface area contributed by atoms with E-state index in [2.05, 4.69) is 5.32 Å². The summed E-state index contributed by atoms with van der Waals surface area (Å²) in [6.45, 7) is 5.35. The van der Waals surface area contributed by atoms with Crippen LogP contribution in [0, 0.1) is 6.92 Å². The zero-order chi connectivity index (χ0) is 30.1. The van der Waals surface area contributed by atoms with E-state index in [1.807, 2.05) is 75.4 Å². The molecule has 2 amide bonds. The Morgan fingerprint density at radius 2 is 1.31 bits per heavy atom. The first-order valence-corrected chi connectivity index (χ1v) is 15.4. The van der Waals surface area contributed by atoms with Gasteiger partial charge in [0.2, 0.25) is 11.8 Å². The van der Waals surface area contributed by atoms with E-state index in [0.717, 1.165) is 21.0 Å². The molecule has 0 aliphatic rings. The zero-order valence-corrected chi connectivity index (χ0v) is 25.0. The predicted molar refractivity (Wildman–Crippen MR) is 166 cm³/mol. The number of nitrogens with one attached hydrogen (secondary N) is 1. The number of aryl methyl sites for hydroxylation is 1. The molecule has 4 rings (SSSR count). The van der Waals surface area contributed by atoms with Crippen molar-refractivity contribution in [1.82, 2.24) is 10.2 Å². The Hall–Kier alpha value is -4.43. The molecule has 42 heavy (non-hydrogen) atoms. The van der Waals surface area contributed by atoms with Crippen molar-refractivity contribution < 1.29 is 18.0 Å². The van der Waals surface area contributed by atoms with Crippen LogP contribution >= 0.6 is 0 Å². The lowest BCUT2D eigenvalue weighted by atomic mass is 10.0. The number of carbonyl (C=O) groups is 2. The highest BCUT2D eigenvalue weighted by atomic mass is 32.2. The van der Waals surface area contributed by atoms with Gasteiger partial charge in [0.25, 0.3) is 10.0 Å². The molecule has 7 nitrogen and oxygen atoms in total. The van der Waals surface area contributed by atoms with Gasteiger partial charge < -0.3 is 10.2 Å². The third-order valence-electron chi connectivity index (χ3n) is 6.96. The molecule has 1 atom stereocenters. The second-order valence-electron chi connectivity index (χ2n) is 10.5. The summed E-state index contributed by atoms with van der Waals surface area (Å²) < 4.78 is 29.0. The van der Waals surface area contributed by atoms with E-state index in [9.17, 15) is 18.0 Å². The van der Waals surface area contributed by atoms with Crippen LogP contribution in [0.3, 0.4) is 0 Å². The van der Waals surface area contributed by atoms with E-state index < -0.39 is 28.5 Å². The van der Waals surface area contributed by atoms with Crippen molar-refractivity contribution in [1.29, 1.82) is 0 Å². The van der Waals surface area contributed by atoms with Gasteiger partial charge in [0.05, 0.1) is 10.6 Å². The van der Waals surface area contributed by atoms with Gasteiger partial charge >= 0.3 is 0 Å². The first-order chi connectivity index (χ1) is 20.2. The zero-order valence-electron chi connectivity index (χ0n) is 24.2. The van der Waals surface area contributed by atoms with Crippen LogP contribution in [0.15, 0.2) is 120 Å². The number of para-hydroxylation sites is 1. The molecule has 0 heterocycles. The highest BCUT2D eigenvalue weighted by Crippen LogP contribution is 2.25. The maximum absolute atomic E-state index is 14.4. The summed E-state index contributed by atoms with van der Waals surface area (Å²) in [4.78, 5) is 29.7. The van der Waals surface area contributed by atoms with Gasteiger partial charge in [-0.15, -0.1) is 0 Å². The predicted octanol–water partition coefficient (Wildman–Crippen LogP) is 5.36. The van der Waals surface area contributed by atoms with Crippen LogP contribution in [0.5, 0.6) is 0 Å². The molecule has 1 N–H and O–H groups in total. The summed E-state index contributed by atoms with van der Waals surface area (Å²) in [6, 6.07) is 32.8. The fourth-order valence-corrected chi connectivity index (χ4v) is 6.18. The number of sulfonamides is 1. The van der Waals surface area contributed by atoms with Crippen LogP contribution in [0.2, 0.25) is 0 Å². The van der Waals surface area contributed by atoms with E-state index in [1.54, 1.807) is 48.5 Å². The van der Waals surface area contributed by atoms with E-state index >= 15 is 0 Å². The molecule has 0 bridgehead atoms. The molecular formula is C34H37N3O4S. The quantitative estimate of drug-likeness (QED) is 0.244. The van der Waals surface area contributed by atoms with Crippen LogP contribution in [-0.2, 0) is 32.6 Å². The number of anilines is 1. The standard InChI is InChI=1S/C34H37N3O4S/c1-26(2)35-34(39)32(23-28-16-7-4-8-17-28)36(24-29-18-14-13-15-27(29)3)33(38)25-37(30-19-9-5-10-20-30)42(40,41)31-21-11-6-12-22-31/h4-22,26,32H,23-25H2,1-3H3,(H,35,39). The van der Waals surface area contributed by atoms with Crippen LogP contribution in [0.1, 0.15) is 30.5 Å². The average molecular weight is 584 g/mol. The molecule has 0 saturated heterocycles. The number of hydrogen-bond acceptors (Lipinski definition) is 4. The Kier molecular flexibility index (Phi) is 10.1. The summed E-state index contributed by atoms with van der Waals surface area (Å²) in [5, 5.41) is 2.98. The third-order valence-corrected chi connectivity index (χ3v) is 8.75. The van der Waals surface area contributed by atoms with Gasteiger partial charge in [-0.05, 0) is 61.7 Å². The molecule has 4 aromatic carbocycles. The van der Waals surface area contributed by atoms with Gasteiger partial charge in [-0.1, -0.05) is 91.0 Å². The largest absolute Gasteiger partial charge is 0.352 e. The van der Waals surface area contributed by atoms with Crippen molar-refractivity contribution in [2.24, 2.45) is 0 Å². The number of hydrogen-bond donors (Lipinski definition) is 1. The molecule has 0 fully saturated rings. The number of amides is 2. The fourth-order valence-electron chi connectivity index (χ4n) is 4.75. The smallest absolute Gasteiger partial charge is 0.264 e. The molecule has 0 saturated carbocycles. The van der Waals surface area contributed by atoms with Crippen LogP contribution in [-0.4, -0.2) is 43.8 Å². The Bertz CT molecular complexity index is 1580. The summed E-state index contributed by atoms with van der Waals surface area (Å²) in [5.74, 6) is -0.783. The minimum Gasteiger partial charge on any atom is -0.352 e. The molecule has 0 aromatic heterocycles. The maximum atomic E-state index is 14.4. The molecule has 218 valence electrons. The minimum atomic E-state index is -4.10. The van der Waals surface area contributed by atoms with Gasteiger partial charge in [-0.3, -0.25) is 13.9 Å². The molecule has 0 aliphatic carbocycles. The lowest BCUT2D eigenvalue weighted by molar-refractivity contribution is -0.140. The van der Waals surface area contributed by atoms with E-state index in [1.165, 1.54) is 17.0 Å². The van der Waals surface area contributed by atoms with Gasteiger partial charge in [0, 0.05) is 19.0 Å². The Labute approximate surface area is 248 Å². The van der Waals surface area contributed by atoms with Crippen molar-refractivity contribution in [3.05, 3.63) is 132 Å². The summed E-state index contributed by atoms with van der Waals surface area (Å²) in [6.07, 6.45) is 0.272. The minimum absolute atomic E-state index is 0.0745. The van der Waals surface area contributed by atoms with Gasteiger partial charge in [-0.25, -0.2) is 8.42 Å². The fraction of sp³-hybridized carbons (Fsp3) is 0.235. The van der Waals surface area contributed by atoms with Gasteiger partial charge in [0.1, 0.15) is 12.6 Å². The third kappa shape index (κ3) is 7.64. The van der Waals surface area contributed by atoms with E-state index in [4.69, 9.17) is 0 Å². The summed E-state index contributed by atoms with van der Waals surface area (Å²) >= 11 is 0. The molecule has 0 aliphatic heterocycles. The highest BCUT2D eigenvalue weighted by Gasteiger charge is 2.34. The van der Waals surface area contributed by atoms with Crippen molar-refractivity contribution in [2.75, 3.05) is 10.8 Å². The first-order valence-electron chi connectivity index (χ1n) is 14.0. The van der Waals surface area contributed by atoms with Crippen LogP contribution in [0.25, 0.3) is 0 Å². The van der Waals surface area contributed by atoms with Crippen LogP contribution < -0.4 is 9.62 Å². The Morgan fingerprint density at radius 3 is 1.90 bits per heavy atom. The molecule has 0 spiro atoms. The SMILES string of the molecule is Cc1ccccc1CN(C(=O)CN(c1ccccc1)S(=O)(=O)c1ccccc1)C(Cc1ccccc1)C(=O)NC(C)C. The van der Waals surface area contributed by atoms with E-state index in [0.29, 0.717) is 5.69 Å². The van der Waals surface area contributed by atoms with Crippen molar-refractivity contribution in [3.8, 4) is 0 Å². The normalized spacial score (nSPS) is 12.0. The summed E-state index contributed by atoms with van der Waals surface area (Å²) in [5.41, 5.74) is 3.09. The van der Waals surface area contributed by atoms with Gasteiger partial charge in [0.15, 0.2) is 0 Å². The molecule has 1 unspecified atom stereocenters. The topological polar surface area (TPSA) is 86.8 Å². The molecular weight excluding hydrogens is 546 g/mol. The second kappa shape index (κ2) is 14.0. The lowest BCUT2D eigenvalue weighted by Gasteiger charge is -2.34. The number of nitrogens with zero attached hydrogens (tertiary/aromatic N) is 2. The van der Waals surface area contributed by atoms with Gasteiger partial charge in [-0.2, -0.15) is 0 Å². The first kappa shape index (κ1) is 30.5. The highest BCUT2D eigenvalue weighted by molar-refractivity contribution is 7.92. The number of carbonyl (C=O) groups excluding carboxylic acids is 2. The van der Waals surface area contributed by atoms with E-state index in [-0.39, 0.29) is 29.8 Å². The second-order valence-corrected chi connectivity index (χ2v) is 12.3. The molecule has 0 radical (unpaired) electrons. The summed E-state index contributed by atoms with van der Waals surface area (Å²) in [7, 11) is -4.10. The Morgan fingerprint density at radius 1 is 0.762 bits per heavy atom. The van der Waals surface area contributed by atoms with Crippen molar-refractivity contribution in [2.45, 2.75) is 50.7 Å². The maximum Gasteiger partial charge on any atom is 0.264 e. The monoisotopic (exact) mass is 583 g/mol. The van der Waals surface area contributed by atoms with Crippen molar-refractivity contribution >= 4 is 27.5 Å². The number of rotatable bonds is 12. The average Bonchev–Trinajstić information content (AvgIpc) is 2.99. The number of benzene rings is 4. The lowest BCUT2D eigenvalue weighted by Crippen LogP contribution is -2.54. The Balaban J connectivity index is 1.79. The molecule has 4 aromatic rings.